The maximum Gasteiger partial charge on any atom is 0.262 e. The van der Waals surface area contributed by atoms with Gasteiger partial charge < -0.3 is 24.8 Å². The molecule has 2 amide bonds. The van der Waals surface area contributed by atoms with Crippen molar-refractivity contribution in [2.75, 3.05) is 32.7 Å². The van der Waals surface area contributed by atoms with Crippen LogP contribution in [0.15, 0.2) is 84.9 Å². The van der Waals surface area contributed by atoms with Crippen molar-refractivity contribution >= 4 is 28.3 Å². The molecular weight excluding hydrogens is 456 g/mol. The molecule has 0 fully saturated rings. The molecule has 4 rings (SSSR count). The molecule has 0 saturated heterocycles. The van der Waals surface area contributed by atoms with Crippen LogP contribution in [0.25, 0.3) is 10.8 Å². The lowest BCUT2D eigenvalue weighted by Crippen LogP contribution is -2.28. The largest absolute Gasteiger partial charge is 0.493 e. The highest BCUT2D eigenvalue weighted by atomic mass is 16.5. The predicted octanol–water partition coefficient (Wildman–Crippen LogP) is 4.85. The Labute approximate surface area is 210 Å². The van der Waals surface area contributed by atoms with Crippen molar-refractivity contribution in [2.45, 2.75) is 6.42 Å². The van der Waals surface area contributed by atoms with Crippen LogP contribution in [0.2, 0.25) is 0 Å². The molecule has 0 aliphatic heterocycles. The van der Waals surface area contributed by atoms with Gasteiger partial charge in [0, 0.05) is 11.9 Å². The fraction of sp³-hybridized carbons (Fsp3) is 0.172. The first kappa shape index (κ1) is 24.6. The fourth-order valence-electron chi connectivity index (χ4n) is 3.89. The monoisotopic (exact) mass is 484 g/mol. The molecule has 0 saturated carbocycles. The van der Waals surface area contributed by atoms with Gasteiger partial charge in [-0.1, -0.05) is 54.6 Å². The van der Waals surface area contributed by atoms with E-state index in [1.165, 1.54) is 0 Å². The van der Waals surface area contributed by atoms with Crippen LogP contribution in [0, 0.1) is 0 Å². The van der Waals surface area contributed by atoms with E-state index in [4.69, 9.17) is 14.2 Å². The van der Waals surface area contributed by atoms with E-state index in [2.05, 4.69) is 10.6 Å². The Hall–Kier alpha value is -4.52. The zero-order valence-electron chi connectivity index (χ0n) is 20.2. The molecule has 36 heavy (non-hydrogen) atoms. The van der Waals surface area contributed by atoms with Gasteiger partial charge in [0.05, 0.1) is 25.5 Å². The third-order valence-corrected chi connectivity index (χ3v) is 5.70. The maximum atomic E-state index is 12.8. The number of amides is 2. The molecule has 7 nitrogen and oxygen atoms in total. The van der Waals surface area contributed by atoms with E-state index < -0.39 is 0 Å². The van der Waals surface area contributed by atoms with Crippen LogP contribution in [0.1, 0.15) is 15.9 Å². The van der Waals surface area contributed by atoms with Gasteiger partial charge in [0.25, 0.3) is 11.8 Å². The molecule has 0 aliphatic carbocycles. The molecule has 184 valence electrons. The minimum Gasteiger partial charge on any atom is -0.493 e. The molecule has 7 heteroatoms. The van der Waals surface area contributed by atoms with Gasteiger partial charge in [-0.05, 0) is 47.7 Å². The smallest absolute Gasteiger partial charge is 0.262 e. The van der Waals surface area contributed by atoms with E-state index in [1.54, 1.807) is 38.5 Å². The van der Waals surface area contributed by atoms with Gasteiger partial charge in [-0.25, -0.2) is 0 Å². The van der Waals surface area contributed by atoms with E-state index in [0.717, 1.165) is 16.3 Å². The Morgan fingerprint density at radius 3 is 2.36 bits per heavy atom. The van der Waals surface area contributed by atoms with E-state index in [-0.39, 0.29) is 18.4 Å². The Morgan fingerprint density at radius 1 is 0.778 bits per heavy atom. The molecule has 0 heterocycles. The lowest BCUT2D eigenvalue weighted by atomic mass is 10.1. The maximum absolute atomic E-state index is 12.8. The number of rotatable bonds is 10. The summed E-state index contributed by atoms with van der Waals surface area (Å²) in [6.07, 6.45) is 0.611. The van der Waals surface area contributed by atoms with Crippen LogP contribution < -0.4 is 24.8 Å². The molecule has 4 aromatic carbocycles. The van der Waals surface area contributed by atoms with Gasteiger partial charge in [-0.2, -0.15) is 0 Å². The van der Waals surface area contributed by atoms with Crippen LogP contribution in [-0.2, 0) is 11.2 Å². The molecule has 4 aromatic rings. The highest BCUT2D eigenvalue weighted by molar-refractivity contribution is 6.04. The molecule has 2 N–H and O–H groups in total. The lowest BCUT2D eigenvalue weighted by molar-refractivity contribution is -0.118. The first-order valence-electron chi connectivity index (χ1n) is 11.6. The molecular formula is C29H28N2O5. The molecule has 0 radical (unpaired) electrons. The highest BCUT2D eigenvalue weighted by Crippen LogP contribution is 2.28. The number of hydrogen-bond donors (Lipinski definition) is 2. The van der Waals surface area contributed by atoms with Gasteiger partial charge in [0.1, 0.15) is 5.75 Å². The minimum absolute atomic E-state index is 0.177. The van der Waals surface area contributed by atoms with Gasteiger partial charge in [0.2, 0.25) is 0 Å². The highest BCUT2D eigenvalue weighted by Gasteiger charge is 2.14. The van der Waals surface area contributed by atoms with Crippen LogP contribution in [-0.4, -0.2) is 39.2 Å². The van der Waals surface area contributed by atoms with Crippen molar-refractivity contribution in [1.82, 2.24) is 5.32 Å². The normalized spacial score (nSPS) is 10.5. The van der Waals surface area contributed by atoms with Gasteiger partial charge in [-0.3, -0.25) is 9.59 Å². The number of methoxy groups -OCH3 is 2. The standard InChI is InChI=1S/C29H28N2O5/c1-34-26-15-14-20(18-27(26)35-2)16-17-30-29(33)23-11-5-6-12-24(23)31-28(32)19-36-25-13-7-9-21-8-3-4-10-22(21)25/h3-15,18H,16-17,19H2,1-2H3,(H,30,33)(H,31,32). The minimum atomic E-state index is -0.353. The van der Waals surface area contributed by atoms with Crippen LogP contribution in [0.3, 0.4) is 0 Å². The van der Waals surface area contributed by atoms with Crippen molar-refractivity contribution in [3.05, 3.63) is 96.1 Å². The molecule has 0 unspecified atom stereocenters. The predicted molar refractivity (Wildman–Crippen MR) is 140 cm³/mol. The number of carbonyl (C=O) groups is 2. The zero-order chi connectivity index (χ0) is 25.3. The molecule has 0 aromatic heterocycles. The van der Waals surface area contributed by atoms with E-state index in [9.17, 15) is 9.59 Å². The van der Waals surface area contributed by atoms with Crippen molar-refractivity contribution in [3.8, 4) is 17.2 Å². The number of carbonyl (C=O) groups excluding carboxylic acids is 2. The first-order chi connectivity index (χ1) is 17.6. The fourth-order valence-corrected chi connectivity index (χ4v) is 3.89. The van der Waals surface area contributed by atoms with Gasteiger partial charge >= 0.3 is 0 Å². The lowest BCUT2D eigenvalue weighted by Gasteiger charge is -2.13. The van der Waals surface area contributed by atoms with Gasteiger partial charge in [-0.15, -0.1) is 0 Å². The summed E-state index contributed by atoms with van der Waals surface area (Å²) in [6.45, 7) is 0.240. The second kappa shape index (κ2) is 11.8. The number of para-hydroxylation sites is 1. The topological polar surface area (TPSA) is 85.9 Å². The number of fused-ring (bicyclic) bond motifs is 1. The van der Waals surface area contributed by atoms with E-state index >= 15 is 0 Å². The van der Waals surface area contributed by atoms with Crippen molar-refractivity contribution < 1.29 is 23.8 Å². The Kier molecular flexibility index (Phi) is 8.03. The Bertz CT molecular complexity index is 1360. The second-order valence-corrected chi connectivity index (χ2v) is 8.05. The quantitative estimate of drug-likeness (QED) is 0.336. The second-order valence-electron chi connectivity index (χ2n) is 8.05. The van der Waals surface area contributed by atoms with Crippen LogP contribution >= 0.6 is 0 Å². The summed E-state index contributed by atoms with van der Waals surface area (Å²) in [4.78, 5) is 25.5. The van der Waals surface area contributed by atoms with Crippen LogP contribution in [0.4, 0.5) is 5.69 Å². The first-order valence-corrected chi connectivity index (χ1v) is 11.6. The summed E-state index contributed by atoms with van der Waals surface area (Å²) in [7, 11) is 3.17. The van der Waals surface area contributed by atoms with Crippen molar-refractivity contribution in [2.24, 2.45) is 0 Å². The summed E-state index contributed by atoms with van der Waals surface area (Å²) in [5.41, 5.74) is 1.80. The molecule has 0 spiro atoms. The Balaban J connectivity index is 1.34. The number of benzene rings is 4. The van der Waals surface area contributed by atoms with Gasteiger partial charge in [0.15, 0.2) is 18.1 Å². The average molecular weight is 485 g/mol. The number of anilines is 1. The summed E-state index contributed by atoms with van der Waals surface area (Å²) >= 11 is 0. The number of ether oxygens (including phenoxy) is 3. The average Bonchev–Trinajstić information content (AvgIpc) is 2.92. The Morgan fingerprint density at radius 2 is 1.53 bits per heavy atom. The molecule has 0 bridgehead atoms. The summed E-state index contributed by atoms with van der Waals surface area (Å²) in [5, 5.41) is 7.67. The molecule has 0 aliphatic rings. The van der Waals surface area contributed by atoms with E-state index in [0.29, 0.717) is 41.5 Å². The van der Waals surface area contributed by atoms with Crippen molar-refractivity contribution in [1.29, 1.82) is 0 Å². The number of nitrogens with one attached hydrogen (secondary N) is 2. The third kappa shape index (κ3) is 5.93. The number of hydrogen-bond acceptors (Lipinski definition) is 5. The summed E-state index contributed by atoms with van der Waals surface area (Å²) < 4.78 is 16.4. The zero-order valence-corrected chi connectivity index (χ0v) is 20.2. The SMILES string of the molecule is COc1ccc(CCNC(=O)c2ccccc2NC(=O)COc2cccc3ccccc23)cc1OC. The van der Waals surface area contributed by atoms with Crippen molar-refractivity contribution in [3.63, 3.8) is 0 Å². The molecule has 0 atom stereocenters. The third-order valence-electron chi connectivity index (χ3n) is 5.70. The summed E-state index contributed by atoms with van der Waals surface area (Å²) in [5.74, 6) is 1.29. The van der Waals surface area contributed by atoms with E-state index in [1.807, 2.05) is 60.7 Å². The van der Waals surface area contributed by atoms with Crippen LogP contribution in [0.5, 0.6) is 17.2 Å². The summed E-state index contributed by atoms with van der Waals surface area (Å²) in [6, 6.07) is 26.1.